The van der Waals surface area contributed by atoms with Gasteiger partial charge in [0.25, 0.3) is 0 Å². The Morgan fingerprint density at radius 1 is 1.23 bits per heavy atom. The number of fused-ring (bicyclic) bond motifs is 2. The lowest BCUT2D eigenvalue weighted by Gasteiger charge is -2.34. The van der Waals surface area contributed by atoms with Crippen LogP contribution in [0.5, 0.6) is 11.5 Å². The van der Waals surface area contributed by atoms with Crippen molar-refractivity contribution in [1.29, 1.82) is 0 Å². The van der Waals surface area contributed by atoms with E-state index >= 15 is 0 Å². The number of methoxy groups -OCH3 is 1. The number of nitrogens with one attached hydrogen (secondary N) is 2. The molecule has 1 aliphatic carbocycles. The van der Waals surface area contributed by atoms with Gasteiger partial charge in [0.2, 0.25) is 0 Å². The number of H-pyrrole nitrogens is 1. The molecule has 1 aromatic carbocycles. The molecule has 0 radical (unpaired) electrons. The molecule has 4 aromatic rings. The van der Waals surface area contributed by atoms with Gasteiger partial charge in [-0.1, -0.05) is 18.2 Å². The van der Waals surface area contributed by atoms with E-state index in [4.69, 9.17) is 9.47 Å². The standard InChI is InChI=1S/C22H22N6O2/c1-29-14-9-25-28(10-14)18-11-30-19-5-3-2-4-15(19)20(18)27-22-16-8-17(13-6-7-13)26-21(16)23-12-24-22/h2-5,8-10,12-13,18,20H,6-7,11H2,1H3,(H2,23,24,26,27). The van der Waals surface area contributed by atoms with Crippen molar-refractivity contribution in [3.63, 3.8) is 0 Å². The monoisotopic (exact) mass is 402 g/mol. The number of aromatic nitrogens is 5. The molecule has 1 fully saturated rings. The van der Waals surface area contributed by atoms with Gasteiger partial charge >= 0.3 is 0 Å². The second-order valence-corrected chi connectivity index (χ2v) is 7.88. The van der Waals surface area contributed by atoms with Gasteiger partial charge in [-0.25, -0.2) is 9.97 Å². The molecule has 8 heteroatoms. The van der Waals surface area contributed by atoms with Crippen molar-refractivity contribution < 1.29 is 9.47 Å². The number of rotatable bonds is 5. The van der Waals surface area contributed by atoms with Crippen LogP contribution in [-0.2, 0) is 0 Å². The average Bonchev–Trinajstić information content (AvgIpc) is 3.35. The molecule has 3 aromatic heterocycles. The number of hydrogen-bond acceptors (Lipinski definition) is 6. The third-order valence-corrected chi connectivity index (χ3v) is 5.96. The van der Waals surface area contributed by atoms with Crippen LogP contribution in [0.2, 0.25) is 0 Å². The van der Waals surface area contributed by atoms with E-state index in [1.165, 1.54) is 18.5 Å². The first kappa shape index (κ1) is 17.3. The summed E-state index contributed by atoms with van der Waals surface area (Å²) in [6.45, 7) is 0.494. The summed E-state index contributed by atoms with van der Waals surface area (Å²) in [6.07, 6.45) is 7.69. The summed E-state index contributed by atoms with van der Waals surface area (Å²) in [6, 6.07) is 10.2. The molecular weight excluding hydrogens is 380 g/mol. The van der Waals surface area contributed by atoms with Crippen LogP contribution in [0.3, 0.4) is 0 Å². The minimum Gasteiger partial charge on any atom is -0.493 e. The molecule has 2 atom stereocenters. The molecule has 4 heterocycles. The van der Waals surface area contributed by atoms with Gasteiger partial charge in [-0.15, -0.1) is 0 Å². The molecule has 30 heavy (non-hydrogen) atoms. The number of ether oxygens (including phenoxy) is 2. The lowest BCUT2D eigenvalue weighted by molar-refractivity contribution is 0.194. The number of nitrogens with zero attached hydrogens (tertiary/aromatic N) is 4. The molecule has 0 saturated heterocycles. The highest BCUT2D eigenvalue weighted by molar-refractivity contribution is 5.88. The first-order chi connectivity index (χ1) is 14.8. The molecule has 2 N–H and O–H groups in total. The summed E-state index contributed by atoms with van der Waals surface area (Å²) in [4.78, 5) is 12.5. The van der Waals surface area contributed by atoms with Gasteiger partial charge in [0.1, 0.15) is 36.2 Å². The predicted molar refractivity (Wildman–Crippen MR) is 112 cm³/mol. The van der Waals surface area contributed by atoms with Crippen molar-refractivity contribution in [3.8, 4) is 11.5 Å². The Kier molecular flexibility index (Phi) is 3.90. The lowest BCUT2D eigenvalue weighted by Crippen LogP contribution is -2.33. The number of hydrogen-bond donors (Lipinski definition) is 2. The van der Waals surface area contributed by atoms with E-state index in [0.29, 0.717) is 12.5 Å². The maximum absolute atomic E-state index is 6.05. The molecule has 0 amide bonds. The maximum Gasteiger partial charge on any atom is 0.156 e. The first-order valence-corrected chi connectivity index (χ1v) is 10.2. The second kappa shape index (κ2) is 6.76. The van der Waals surface area contributed by atoms with E-state index < -0.39 is 0 Å². The Balaban J connectivity index is 1.42. The SMILES string of the molecule is COc1cnn(C2COc3ccccc3C2Nc2ncnc3[nH]c(C4CC4)cc23)c1. The highest BCUT2D eigenvalue weighted by Crippen LogP contribution is 2.43. The fourth-order valence-corrected chi connectivity index (χ4v) is 4.19. The highest BCUT2D eigenvalue weighted by Gasteiger charge is 2.34. The van der Waals surface area contributed by atoms with Gasteiger partial charge in [-0.3, -0.25) is 4.68 Å². The Labute approximate surface area is 173 Å². The van der Waals surface area contributed by atoms with E-state index in [1.807, 2.05) is 29.1 Å². The predicted octanol–water partition coefficient (Wildman–Crippen LogP) is 3.83. The number of benzene rings is 1. The summed E-state index contributed by atoms with van der Waals surface area (Å²) < 4.78 is 13.3. The quantitative estimate of drug-likeness (QED) is 0.527. The van der Waals surface area contributed by atoms with Crippen LogP contribution >= 0.6 is 0 Å². The third kappa shape index (κ3) is 2.87. The molecule has 152 valence electrons. The van der Waals surface area contributed by atoms with Crippen LogP contribution in [0.1, 0.15) is 42.1 Å². The van der Waals surface area contributed by atoms with Gasteiger partial charge in [0.05, 0.1) is 30.9 Å². The molecule has 1 aliphatic heterocycles. The fourth-order valence-electron chi connectivity index (χ4n) is 4.19. The van der Waals surface area contributed by atoms with Crippen molar-refractivity contribution in [2.45, 2.75) is 30.8 Å². The zero-order valence-corrected chi connectivity index (χ0v) is 16.6. The van der Waals surface area contributed by atoms with Crippen molar-refractivity contribution in [1.82, 2.24) is 24.7 Å². The minimum absolute atomic E-state index is 0.0596. The van der Waals surface area contributed by atoms with E-state index in [0.717, 1.165) is 33.9 Å². The van der Waals surface area contributed by atoms with Gasteiger partial charge < -0.3 is 19.8 Å². The zero-order valence-electron chi connectivity index (χ0n) is 16.6. The van der Waals surface area contributed by atoms with Crippen LogP contribution in [0.15, 0.2) is 49.1 Å². The normalized spacial score (nSPS) is 20.6. The van der Waals surface area contributed by atoms with Gasteiger partial charge in [-0.2, -0.15) is 5.10 Å². The van der Waals surface area contributed by atoms with Crippen molar-refractivity contribution in [3.05, 3.63) is 60.3 Å². The van der Waals surface area contributed by atoms with Crippen LogP contribution in [-0.4, -0.2) is 38.4 Å². The summed E-state index contributed by atoms with van der Waals surface area (Å²) in [5, 5.41) is 9.20. The molecule has 2 aliphatic rings. The van der Waals surface area contributed by atoms with Crippen LogP contribution in [0.25, 0.3) is 11.0 Å². The molecule has 6 rings (SSSR count). The number of aromatic amines is 1. The van der Waals surface area contributed by atoms with Gasteiger partial charge in [-0.05, 0) is 30.9 Å². The van der Waals surface area contributed by atoms with E-state index in [9.17, 15) is 0 Å². The fraction of sp³-hybridized carbons (Fsp3) is 0.318. The van der Waals surface area contributed by atoms with Crippen molar-refractivity contribution >= 4 is 16.9 Å². The molecule has 1 saturated carbocycles. The average molecular weight is 402 g/mol. The Morgan fingerprint density at radius 2 is 2.13 bits per heavy atom. The van der Waals surface area contributed by atoms with Crippen LogP contribution < -0.4 is 14.8 Å². The maximum atomic E-state index is 6.05. The summed E-state index contributed by atoms with van der Waals surface area (Å²) in [7, 11) is 1.64. The first-order valence-electron chi connectivity index (χ1n) is 10.2. The largest absolute Gasteiger partial charge is 0.493 e. The van der Waals surface area contributed by atoms with Crippen LogP contribution in [0.4, 0.5) is 5.82 Å². The molecular formula is C22H22N6O2. The Hall–Kier alpha value is -3.55. The zero-order chi connectivity index (χ0) is 20.1. The third-order valence-electron chi connectivity index (χ3n) is 5.96. The molecule has 8 nitrogen and oxygen atoms in total. The lowest BCUT2D eigenvalue weighted by atomic mass is 9.96. The Morgan fingerprint density at radius 3 is 2.97 bits per heavy atom. The summed E-state index contributed by atoms with van der Waals surface area (Å²) in [5.41, 5.74) is 3.19. The highest BCUT2D eigenvalue weighted by atomic mass is 16.5. The molecule has 0 bridgehead atoms. The minimum atomic E-state index is -0.0723. The second-order valence-electron chi connectivity index (χ2n) is 7.88. The van der Waals surface area contributed by atoms with E-state index in [2.05, 4.69) is 37.5 Å². The van der Waals surface area contributed by atoms with E-state index in [1.54, 1.807) is 19.6 Å². The van der Waals surface area contributed by atoms with Gasteiger partial charge in [0.15, 0.2) is 5.75 Å². The van der Waals surface area contributed by atoms with Gasteiger partial charge in [0, 0.05) is 11.3 Å². The van der Waals surface area contributed by atoms with Crippen molar-refractivity contribution in [2.24, 2.45) is 0 Å². The van der Waals surface area contributed by atoms with Crippen LogP contribution in [0, 0.1) is 0 Å². The van der Waals surface area contributed by atoms with Crippen molar-refractivity contribution in [2.75, 3.05) is 19.0 Å². The number of anilines is 1. The summed E-state index contributed by atoms with van der Waals surface area (Å²) in [5.74, 6) is 3.04. The summed E-state index contributed by atoms with van der Waals surface area (Å²) >= 11 is 0. The number of para-hydroxylation sites is 1. The molecule has 0 spiro atoms. The van der Waals surface area contributed by atoms with E-state index in [-0.39, 0.29) is 12.1 Å². The topological polar surface area (TPSA) is 89.9 Å². The smallest absolute Gasteiger partial charge is 0.156 e. The molecule has 2 unspecified atom stereocenters. The Bertz CT molecular complexity index is 1210.